The van der Waals surface area contributed by atoms with Crippen LogP contribution in [0.4, 0.5) is 0 Å². The van der Waals surface area contributed by atoms with Gasteiger partial charge in [-0.15, -0.1) is 0 Å². The first-order valence-electron chi connectivity index (χ1n) is 11.3. The van der Waals surface area contributed by atoms with Crippen LogP contribution in [0, 0.1) is 0 Å². The van der Waals surface area contributed by atoms with Gasteiger partial charge in [0.15, 0.2) is 0 Å². The van der Waals surface area contributed by atoms with Gasteiger partial charge in [0, 0.05) is 16.3 Å². The number of benzene rings is 4. The molecule has 0 fully saturated rings. The van der Waals surface area contributed by atoms with Gasteiger partial charge in [-0.25, -0.2) is 4.79 Å². The van der Waals surface area contributed by atoms with Crippen LogP contribution >= 0.6 is 0 Å². The molecule has 0 bridgehead atoms. The molecule has 5 aromatic rings. The molecule has 0 saturated carbocycles. The number of carbonyl (C=O) groups is 1. The molecule has 0 atom stereocenters. The zero-order chi connectivity index (χ0) is 23.5. The first-order valence-corrected chi connectivity index (χ1v) is 11.3. The fourth-order valence-corrected chi connectivity index (χ4v) is 4.50. The van der Waals surface area contributed by atoms with Crippen LogP contribution in [0.2, 0.25) is 0 Å². The summed E-state index contributed by atoms with van der Waals surface area (Å²) in [5, 5.41) is 22.3. The topological polar surface area (TPSA) is 82.5 Å². The lowest BCUT2D eigenvalue weighted by atomic mass is 9.99. The summed E-state index contributed by atoms with van der Waals surface area (Å²) in [5.41, 5.74) is 4.55. The standard InChI is InChI=1S/C29H25NO4/c31-18-19-13-15-21(16-14-19)23-9-4-10-24-25(28(29(32)33)30-27(23)24)11-5-17-34-26-12-3-7-20-6-1-2-8-22(20)26/h1-4,6-10,12-16,30-31H,5,11,17-18H2,(H,32,33). The van der Waals surface area contributed by atoms with Crippen molar-refractivity contribution in [2.75, 3.05) is 6.61 Å². The normalized spacial score (nSPS) is 11.2. The number of nitrogens with one attached hydrogen (secondary N) is 1. The predicted molar refractivity (Wildman–Crippen MR) is 134 cm³/mol. The Morgan fingerprint density at radius 3 is 2.38 bits per heavy atom. The molecule has 0 aliphatic rings. The van der Waals surface area contributed by atoms with Crippen molar-refractivity contribution in [3.05, 3.63) is 102 Å². The summed E-state index contributed by atoms with van der Waals surface area (Å²) in [7, 11) is 0. The fraction of sp³-hybridized carbons (Fsp3) is 0.138. The zero-order valence-corrected chi connectivity index (χ0v) is 18.6. The predicted octanol–water partition coefficient (Wildman–Crippen LogP) is 6.19. The molecule has 0 spiro atoms. The van der Waals surface area contributed by atoms with Gasteiger partial charge in [-0.2, -0.15) is 0 Å². The number of aryl methyl sites for hydroxylation is 1. The molecular formula is C29H25NO4. The van der Waals surface area contributed by atoms with Gasteiger partial charge in [0.05, 0.1) is 18.7 Å². The highest BCUT2D eigenvalue weighted by atomic mass is 16.5. The van der Waals surface area contributed by atoms with Gasteiger partial charge >= 0.3 is 5.97 Å². The van der Waals surface area contributed by atoms with Crippen LogP contribution in [0.15, 0.2) is 84.9 Å². The maximum Gasteiger partial charge on any atom is 0.352 e. The minimum absolute atomic E-state index is 0.0128. The number of aromatic nitrogens is 1. The maximum atomic E-state index is 12.0. The highest BCUT2D eigenvalue weighted by Gasteiger charge is 2.19. The Balaban J connectivity index is 1.40. The number of hydrogen-bond donors (Lipinski definition) is 3. The van der Waals surface area contributed by atoms with E-state index in [9.17, 15) is 15.0 Å². The average Bonchev–Trinajstić information content (AvgIpc) is 3.26. The summed E-state index contributed by atoms with van der Waals surface area (Å²) in [4.78, 5) is 15.2. The quantitative estimate of drug-likeness (QED) is 0.246. The van der Waals surface area contributed by atoms with E-state index in [0.29, 0.717) is 19.4 Å². The van der Waals surface area contributed by atoms with Gasteiger partial charge in [-0.3, -0.25) is 0 Å². The van der Waals surface area contributed by atoms with E-state index in [2.05, 4.69) is 17.1 Å². The van der Waals surface area contributed by atoms with Gasteiger partial charge in [0.2, 0.25) is 0 Å². The molecule has 34 heavy (non-hydrogen) atoms. The van der Waals surface area contributed by atoms with Crippen molar-refractivity contribution in [2.24, 2.45) is 0 Å². The molecular weight excluding hydrogens is 426 g/mol. The second-order valence-electron chi connectivity index (χ2n) is 8.30. The molecule has 5 heteroatoms. The first-order chi connectivity index (χ1) is 16.7. The van der Waals surface area contributed by atoms with Crippen molar-refractivity contribution < 1.29 is 19.7 Å². The fourth-order valence-electron chi connectivity index (χ4n) is 4.50. The average molecular weight is 452 g/mol. The number of carboxylic acid groups (broad SMARTS) is 1. The number of carboxylic acids is 1. The van der Waals surface area contributed by atoms with Gasteiger partial charge in [0.25, 0.3) is 0 Å². The Morgan fingerprint density at radius 1 is 0.853 bits per heavy atom. The van der Waals surface area contributed by atoms with Crippen LogP contribution in [-0.2, 0) is 13.0 Å². The highest BCUT2D eigenvalue weighted by Crippen LogP contribution is 2.33. The summed E-state index contributed by atoms with van der Waals surface area (Å²) >= 11 is 0. The number of aliphatic hydroxyl groups excluding tert-OH is 1. The molecule has 3 N–H and O–H groups in total. The van der Waals surface area contributed by atoms with E-state index in [4.69, 9.17) is 4.74 Å². The molecule has 5 rings (SSSR count). The molecule has 1 heterocycles. The maximum absolute atomic E-state index is 12.0. The lowest BCUT2D eigenvalue weighted by Crippen LogP contribution is -2.04. The molecule has 0 amide bonds. The third-order valence-electron chi connectivity index (χ3n) is 6.18. The molecule has 170 valence electrons. The lowest BCUT2D eigenvalue weighted by molar-refractivity contribution is 0.0690. The van der Waals surface area contributed by atoms with Crippen LogP contribution in [0.25, 0.3) is 32.8 Å². The van der Waals surface area contributed by atoms with Crippen LogP contribution in [0.5, 0.6) is 5.75 Å². The van der Waals surface area contributed by atoms with Crippen LogP contribution in [0.1, 0.15) is 28.0 Å². The van der Waals surface area contributed by atoms with Crippen molar-refractivity contribution in [1.82, 2.24) is 4.98 Å². The molecule has 0 saturated heterocycles. The zero-order valence-electron chi connectivity index (χ0n) is 18.6. The second kappa shape index (κ2) is 9.41. The van der Waals surface area contributed by atoms with Crippen molar-refractivity contribution in [2.45, 2.75) is 19.4 Å². The Kier molecular flexibility index (Phi) is 6.02. The number of aromatic amines is 1. The van der Waals surface area contributed by atoms with E-state index in [0.717, 1.165) is 49.7 Å². The van der Waals surface area contributed by atoms with E-state index < -0.39 is 5.97 Å². The first kappa shape index (κ1) is 21.7. The number of para-hydroxylation sites is 1. The van der Waals surface area contributed by atoms with E-state index in [1.54, 1.807) is 0 Å². The largest absolute Gasteiger partial charge is 0.493 e. The third kappa shape index (κ3) is 4.14. The number of H-pyrrole nitrogens is 1. The Bertz CT molecular complexity index is 1460. The Hall–Kier alpha value is -4.09. The molecule has 0 unspecified atom stereocenters. The minimum atomic E-state index is -0.970. The number of hydrogen-bond acceptors (Lipinski definition) is 3. The minimum Gasteiger partial charge on any atom is -0.493 e. The number of aliphatic hydroxyl groups is 1. The highest BCUT2D eigenvalue weighted by molar-refractivity contribution is 6.03. The molecule has 0 aliphatic heterocycles. The van der Waals surface area contributed by atoms with Crippen LogP contribution in [0.3, 0.4) is 0 Å². The van der Waals surface area contributed by atoms with E-state index in [-0.39, 0.29) is 12.3 Å². The Labute approximate surface area is 197 Å². The van der Waals surface area contributed by atoms with Crippen molar-refractivity contribution >= 4 is 27.6 Å². The molecule has 1 aromatic heterocycles. The molecule has 0 aliphatic carbocycles. The summed E-state index contributed by atoms with van der Waals surface area (Å²) < 4.78 is 6.07. The molecule has 4 aromatic carbocycles. The van der Waals surface area contributed by atoms with E-state index in [1.807, 2.05) is 72.8 Å². The molecule has 5 nitrogen and oxygen atoms in total. The number of aromatic carboxylic acids is 1. The smallest absolute Gasteiger partial charge is 0.352 e. The summed E-state index contributed by atoms with van der Waals surface area (Å²) in [6, 6.07) is 27.6. The van der Waals surface area contributed by atoms with Gasteiger partial charge in [-0.05, 0) is 41.0 Å². The van der Waals surface area contributed by atoms with Crippen molar-refractivity contribution in [3.63, 3.8) is 0 Å². The van der Waals surface area contributed by atoms with E-state index >= 15 is 0 Å². The van der Waals surface area contributed by atoms with Crippen molar-refractivity contribution in [1.29, 1.82) is 0 Å². The van der Waals surface area contributed by atoms with Gasteiger partial charge in [-0.1, -0.05) is 78.9 Å². The SMILES string of the molecule is O=C(O)c1[nH]c2c(-c3ccc(CO)cc3)cccc2c1CCCOc1cccc2ccccc12. The van der Waals surface area contributed by atoms with E-state index in [1.165, 1.54) is 0 Å². The number of fused-ring (bicyclic) bond motifs is 2. The monoisotopic (exact) mass is 451 g/mol. The van der Waals surface area contributed by atoms with Crippen LogP contribution in [-0.4, -0.2) is 27.8 Å². The van der Waals surface area contributed by atoms with Gasteiger partial charge in [0.1, 0.15) is 11.4 Å². The number of ether oxygens (including phenoxy) is 1. The van der Waals surface area contributed by atoms with Gasteiger partial charge < -0.3 is 19.9 Å². The van der Waals surface area contributed by atoms with Crippen LogP contribution < -0.4 is 4.74 Å². The Morgan fingerprint density at radius 2 is 1.59 bits per heavy atom. The van der Waals surface area contributed by atoms with Crippen molar-refractivity contribution in [3.8, 4) is 16.9 Å². The summed E-state index contributed by atoms with van der Waals surface area (Å²) in [6.45, 7) is 0.475. The lowest BCUT2D eigenvalue weighted by Gasteiger charge is -2.09. The summed E-state index contributed by atoms with van der Waals surface area (Å²) in [5.74, 6) is -0.133. The molecule has 0 radical (unpaired) electrons. The number of rotatable bonds is 8. The summed E-state index contributed by atoms with van der Waals surface area (Å²) in [6.07, 6.45) is 1.27. The second-order valence-corrected chi connectivity index (χ2v) is 8.30. The third-order valence-corrected chi connectivity index (χ3v) is 6.18.